The zero-order chi connectivity index (χ0) is 24.4. The number of anilines is 1. The van der Waals surface area contributed by atoms with E-state index in [9.17, 15) is 24.5 Å². The van der Waals surface area contributed by atoms with E-state index in [2.05, 4.69) is 0 Å². The Morgan fingerprint density at radius 1 is 1.06 bits per heavy atom. The Bertz CT molecular complexity index is 1270. The van der Waals surface area contributed by atoms with Crippen LogP contribution in [0, 0.1) is 10.1 Å². The number of hydrogen-bond acceptors (Lipinski definition) is 5. The van der Waals surface area contributed by atoms with Crippen LogP contribution < -0.4 is 4.90 Å². The Morgan fingerprint density at radius 3 is 2.29 bits per heavy atom. The lowest BCUT2D eigenvalue weighted by Crippen LogP contribution is -2.46. The molecule has 1 heterocycles. The first-order valence-electron chi connectivity index (χ1n) is 10.5. The highest BCUT2D eigenvalue weighted by molar-refractivity contribution is 6.32. The Balaban J connectivity index is 1.77. The average Bonchev–Trinajstić information content (AvgIpc) is 3.13. The highest BCUT2D eigenvalue weighted by atomic mass is 35.5. The highest BCUT2D eigenvalue weighted by Gasteiger charge is 2.46. The van der Waals surface area contributed by atoms with Gasteiger partial charge in [0.2, 0.25) is 5.91 Å². The van der Waals surface area contributed by atoms with Gasteiger partial charge in [0.25, 0.3) is 17.5 Å². The summed E-state index contributed by atoms with van der Waals surface area (Å²) in [4.78, 5) is 53.1. The second-order valence-electron chi connectivity index (χ2n) is 7.85. The van der Waals surface area contributed by atoms with Crippen LogP contribution in [0.4, 0.5) is 11.4 Å². The molecule has 1 saturated heterocycles. The second kappa shape index (κ2) is 9.44. The molecular formula is C25H20ClN3O5. The van der Waals surface area contributed by atoms with Crippen molar-refractivity contribution in [3.63, 3.8) is 0 Å². The molecule has 2 atom stereocenters. The number of benzene rings is 3. The number of nitrogens with zero attached hydrogens (tertiary/aromatic N) is 3. The molecule has 3 aromatic carbocycles. The molecule has 2 unspecified atom stereocenters. The average molecular weight is 478 g/mol. The van der Waals surface area contributed by atoms with Gasteiger partial charge in [0, 0.05) is 11.6 Å². The number of rotatable bonds is 6. The summed E-state index contributed by atoms with van der Waals surface area (Å²) in [7, 11) is 0. The van der Waals surface area contributed by atoms with Crippen LogP contribution in [0.2, 0.25) is 5.02 Å². The maximum Gasteiger partial charge on any atom is 0.288 e. The van der Waals surface area contributed by atoms with E-state index in [4.69, 9.17) is 11.6 Å². The number of nitro benzene ring substituents is 1. The van der Waals surface area contributed by atoms with Crippen LogP contribution in [0.25, 0.3) is 0 Å². The first-order valence-corrected chi connectivity index (χ1v) is 10.9. The molecule has 172 valence electrons. The van der Waals surface area contributed by atoms with Gasteiger partial charge in [-0.3, -0.25) is 24.5 Å². The fraction of sp³-hybridized carbons (Fsp3) is 0.160. The molecule has 1 fully saturated rings. The molecule has 0 saturated carbocycles. The fourth-order valence-electron chi connectivity index (χ4n) is 4.10. The normalized spacial score (nSPS) is 16.4. The molecule has 34 heavy (non-hydrogen) atoms. The number of carbonyl (C=O) groups excluding carboxylic acids is 3. The Labute approximate surface area is 200 Å². The number of nitro groups is 1. The molecule has 8 nitrogen and oxygen atoms in total. The van der Waals surface area contributed by atoms with Crippen molar-refractivity contribution in [3.05, 3.63) is 105 Å². The van der Waals surface area contributed by atoms with E-state index < -0.39 is 40.4 Å². The van der Waals surface area contributed by atoms with Gasteiger partial charge in [0.15, 0.2) is 0 Å². The van der Waals surface area contributed by atoms with Gasteiger partial charge in [0.05, 0.1) is 23.1 Å². The van der Waals surface area contributed by atoms with E-state index in [1.165, 1.54) is 17.0 Å². The van der Waals surface area contributed by atoms with Gasteiger partial charge in [-0.1, -0.05) is 60.1 Å². The number of imide groups is 1. The third kappa shape index (κ3) is 4.27. The van der Waals surface area contributed by atoms with Gasteiger partial charge in [-0.05, 0) is 36.8 Å². The largest absolute Gasteiger partial charge is 0.319 e. The number of amides is 3. The summed E-state index contributed by atoms with van der Waals surface area (Å²) in [5, 5.41) is 11.3. The number of para-hydroxylation sites is 1. The number of hydrogen-bond donors (Lipinski definition) is 0. The molecule has 1 aliphatic heterocycles. The molecule has 0 spiro atoms. The van der Waals surface area contributed by atoms with Crippen molar-refractivity contribution in [3.8, 4) is 0 Å². The van der Waals surface area contributed by atoms with E-state index in [1.807, 2.05) is 18.2 Å². The first kappa shape index (κ1) is 23.1. The summed E-state index contributed by atoms with van der Waals surface area (Å²) in [6.45, 7) is 1.75. The van der Waals surface area contributed by atoms with Gasteiger partial charge in [0.1, 0.15) is 11.1 Å². The lowest BCUT2D eigenvalue weighted by molar-refractivity contribution is -0.384. The maximum atomic E-state index is 13.7. The van der Waals surface area contributed by atoms with Crippen molar-refractivity contribution in [2.45, 2.75) is 25.4 Å². The molecule has 1 aliphatic rings. The van der Waals surface area contributed by atoms with Gasteiger partial charge in [-0.15, -0.1) is 0 Å². The van der Waals surface area contributed by atoms with Crippen molar-refractivity contribution < 1.29 is 19.3 Å². The van der Waals surface area contributed by atoms with Crippen LogP contribution in [-0.4, -0.2) is 33.6 Å². The third-order valence-electron chi connectivity index (χ3n) is 5.80. The molecule has 0 radical (unpaired) electrons. The fourth-order valence-corrected chi connectivity index (χ4v) is 4.28. The van der Waals surface area contributed by atoms with E-state index in [0.29, 0.717) is 5.69 Å². The van der Waals surface area contributed by atoms with Gasteiger partial charge in [-0.2, -0.15) is 0 Å². The molecule has 4 rings (SSSR count). The molecule has 9 heteroatoms. The Kier molecular flexibility index (Phi) is 6.43. The summed E-state index contributed by atoms with van der Waals surface area (Å²) in [6.07, 6.45) is -0.202. The molecule has 3 amide bonds. The molecule has 0 aromatic heterocycles. The van der Waals surface area contributed by atoms with Crippen LogP contribution >= 0.6 is 11.6 Å². The summed E-state index contributed by atoms with van der Waals surface area (Å²) < 4.78 is 0. The van der Waals surface area contributed by atoms with E-state index in [0.717, 1.165) is 16.5 Å². The predicted octanol–water partition coefficient (Wildman–Crippen LogP) is 4.78. The minimum Gasteiger partial charge on any atom is -0.319 e. The standard InChI is InChI=1S/C25H20ClN3O5/c1-16(17-8-4-2-5-9-17)27(24(31)18-12-13-20(26)21(14-18)29(33)34)22-15-23(30)28(25(22)32)19-10-6-3-7-11-19/h2-14,16,22H,15H2,1H3. The molecule has 3 aromatic rings. The molecule has 0 bridgehead atoms. The Morgan fingerprint density at radius 2 is 1.68 bits per heavy atom. The SMILES string of the molecule is CC(c1ccccc1)N(C(=O)c1ccc(Cl)c([N+](=O)[O-])c1)C1CC(=O)N(c2ccccc2)C1=O. The monoisotopic (exact) mass is 477 g/mol. The van der Waals surface area contributed by atoms with Crippen LogP contribution in [0.1, 0.15) is 35.3 Å². The topological polar surface area (TPSA) is 101 Å². The van der Waals surface area contributed by atoms with Crippen LogP contribution in [-0.2, 0) is 9.59 Å². The quantitative estimate of drug-likeness (QED) is 0.289. The van der Waals surface area contributed by atoms with Crippen LogP contribution in [0.15, 0.2) is 78.9 Å². The van der Waals surface area contributed by atoms with E-state index in [1.54, 1.807) is 49.4 Å². The third-order valence-corrected chi connectivity index (χ3v) is 6.12. The minimum atomic E-state index is -1.08. The number of halogens is 1. The zero-order valence-electron chi connectivity index (χ0n) is 18.1. The minimum absolute atomic E-state index is 0.00251. The van der Waals surface area contributed by atoms with Crippen molar-refractivity contribution in [2.75, 3.05) is 4.90 Å². The van der Waals surface area contributed by atoms with E-state index >= 15 is 0 Å². The lowest BCUT2D eigenvalue weighted by Gasteiger charge is -2.33. The summed E-state index contributed by atoms with van der Waals surface area (Å²) in [5.41, 5.74) is 0.747. The first-order chi connectivity index (χ1) is 16.3. The van der Waals surface area contributed by atoms with Gasteiger partial charge < -0.3 is 4.90 Å². The highest BCUT2D eigenvalue weighted by Crippen LogP contribution is 2.33. The van der Waals surface area contributed by atoms with Crippen molar-refractivity contribution in [1.82, 2.24) is 4.90 Å². The maximum absolute atomic E-state index is 13.7. The smallest absolute Gasteiger partial charge is 0.288 e. The molecule has 0 aliphatic carbocycles. The summed E-state index contributed by atoms with van der Waals surface area (Å²) in [5.74, 6) is -1.57. The lowest BCUT2D eigenvalue weighted by atomic mass is 10.0. The predicted molar refractivity (Wildman–Crippen MR) is 126 cm³/mol. The summed E-state index contributed by atoms with van der Waals surface area (Å²) >= 11 is 5.92. The molecular weight excluding hydrogens is 458 g/mol. The second-order valence-corrected chi connectivity index (χ2v) is 8.25. The van der Waals surface area contributed by atoms with Crippen LogP contribution in [0.3, 0.4) is 0 Å². The molecule has 0 N–H and O–H groups in total. The Hall–Kier alpha value is -4.04. The zero-order valence-corrected chi connectivity index (χ0v) is 18.9. The van der Waals surface area contributed by atoms with Crippen molar-refractivity contribution >= 4 is 40.7 Å². The van der Waals surface area contributed by atoms with Crippen molar-refractivity contribution in [2.24, 2.45) is 0 Å². The van der Waals surface area contributed by atoms with Gasteiger partial charge in [-0.25, -0.2) is 4.90 Å². The number of carbonyl (C=O) groups is 3. The van der Waals surface area contributed by atoms with Gasteiger partial charge >= 0.3 is 0 Å². The van der Waals surface area contributed by atoms with E-state index in [-0.39, 0.29) is 17.0 Å². The van der Waals surface area contributed by atoms with Crippen LogP contribution in [0.5, 0.6) is 0 Å². The summed E-state index contributed by atoms with van der Waals surface area (Å²) in [6, 6.07) is 19.6. The van der Waals surface area contributed by atoms with Crippen molar-refractivity contribution in [1.29, 1.82) is 0 Å².